The SMILES string of the molecule is COc1ccc(OC(C)C(=O)NCC(C)NC(=O)C(C)Oc2ccc(OC)cc2)cc1. The largest absolute Gasteiger partial charge is 0.497 e. The van der Waals surface area contributed by atoms with E-state index in [4.69, 9.17) is 18.9 Å². The monoisotopic (exact) mass is 430 g/mol. The Labute approximate surface area is 182 Å². The molecule has 0 aliphatic rings. The Morgan fingerprint density at radius 1 is 0.710 bits per heavy atom. The highest BCUT2D eigenvalue weighted by molar-refractivity contribution is 5.82. The number of hydrogen-bond acceptors (Lipinski definition) is 6. The van der Waals surface area contributed by atoms with Crippen LogP contribution in [0.1, 0.15) is 20.8 Å². The fourth-order valence-corrected chi connectivity index (χ4v) is 2.63. The molecular formula is C23H30N2O6. The Bertz CT molecular complexity index is 838. The van der Waals surface area contributed by atoms with E-state index in [0.29, 0.717) is 23.0 Å². The van der Waals surface area contributed by atoms with Crippen LogP contribution in [0, 0.1) is 0 Å². The van der Waals surface area contributed by atoms with Crippen molar-refractivity contribution >= 4 is 11.8 Å². The smallest absolute Gasteiger partial charge is 0.261 e. The van der Waals surface area contributed by atoms with Crippen LogP contribution in [-0.4, -0.2) is 50.8 Å². The van der Waals surface area contributed by atoms with Gasteiger partial charge in [-0.3, -0.25) is 9.59 Å². The molecule has 168 valence electrons. The van der Waals surface area contributed by atoms with Gasteiger partial charge in [-0.2, -0.15) is 0 Å². The van der Waals surface area contributed by atoms with Crippen LogP contribution in [0.4, 0.5) is 0 Å². The third-order valence-corrected chi connectivity index (χ3v) is 4.45. The summed E-state index contributed by atoms with van der Waals surface area (Å²) in [5.74, 6) is 1.99. The van der Waals surface area contributed by atoms with Crippen LogP contribution in [0.25, 0.3) is 0 Å². The molecule has 2 aromatic rings. The molecule has 0 aliphatic heterocycles. The Hall–Kier alpha value is -3.42. The van der Waals surface area contributed by atoms with E-state index in [2.05, 4.69) is 10.6 Å². The zero-order valence-electron chi connectivity index (χ0n) is 18.5. The molecule has 0 fully saturated rings. The van der Waals surface area contributed by atoms with Crippen LogP contribution in [-0.2, 0) is 9.59 Å². The van der Waals surface area contributed by atoms with E-state index in [1.807, 2.05) is 0 Å². The van der Waals surface area contributed by atoms with E-state index in [-0.39, 0.29) is 24.4 Å². The highest BCUT2D eigenvalue weighted by atomic mass is 16.5. The quantitative estimate of drug-likeness (QED) is 0.569. The predicted molar refractivity (Wildman–Crippen MR) is 117 cm³/mol. The highest BCUT2D eigenvalue weighted by Gasteiger charge is 2.19. The van der Waals surface area contributed by atoms with E-state index in [1.165, 1.54) is 0 Å². The van der Waals surface area contributed by atoms with Crippen LogP contribution in [0.3, 0.4) is 0 Å². The van der Waals surface area contributed by atoms with Gasteiger partial charge < -0.3 is 29.6 Å². The van der Waals surface area contributed by atoms with Gasteiger partial charge >= 0.3 is 0 Å². The average molecular weight is 431 g/mol. The van der Waals surface area contributed by atoms with Gasteiger partial charge in [-0.1, -0.05) is 0 Å². The first kappa shape index (κ1) is 23.9. The van der Waals surface area contributed by atoms with Crippen molar-refractivity contribution in [2.45, 2.75) is 39.0 Å². The van der Waals surface area contributed by atoms with Gasteiger partial charge in [-0.25, -0.2) is 0 Å². The van der Waals surface area contributed by atoms with E-state index in [9.17, 15) is 9.59 Å². The minimum absolute atomic E-state index is 0.260. The number of ether oxygens (including phenoxy) is 4. The zero-order chi connectivity index (χ0) is 22.8. The molecule has 2 amide bonds. The van der Waals surface area contributed by atoms with Gasteiger partial charge in [0.2, 0.25) is 0 Å². The molecular weight excluding hydrogens is 400 g/mol. The molecule has 0 radical (unpaired) electrons. The van der Waals surface area contributed by atoms with Crippen LogP contribution < -0.4 is 29.6 Å². The van der Waals surface area contributed by atoms with E-state index in [0.717, 1.165) is 0 Å². The van der Waals surface area contributed by atoms with Gasteiger partial charge in [-0.05, 0) is 69.3 Å². The molecule has 8 nitrogen and oxygen atoms in total. The summed E-state index contributed by atoms with van der Waals surface area (Å²) in [6.07, 6.45) is -1.38. The number of methoxy groups -OCH3 is 2. The molecule has 2 N–H and O–H groups in total. The summed E-state index contributed by atoms with van der Waals surface area (Å²) in [5, 5.41) is 5.59. The summed E-state index contributed by atoms with van der Waals surface area (Å²) in [6.45, 7) is 5.38. The number of rotatable bonds is 11. The Morgan fingerprint density at radius 3 is 1.52 bits per heavy atom. The second-order valence-electron chi connectivity index (χ2n) is 7.03. The first-order valence-electron chi connectivity index (χ1n) is 10.0. The average Bonchev–Trinajstić information content (AvgIpc) is 2.78. The molecule has 3 atom stereocenters. The second-order valence-corrected chi connectivity index (χ2v) is 7.03. The van der Waals surface area contributed by atoms with Gasteiger partial charge in [0.05, 0.1) is 14.2 Å². The Kier molecular flexibility index (Phi) is 8.99. The zero-order valence-corrected chi connectivity index (χ0v) is 18.5. The fourth-order valence-electron chi connectivity index (χ4n) is 2.63. The molecule has 8 heteroatoms. The van der Waals surface area contributed by atoms with Crippen LogP contribution in [0.15, 0.2) is 48.5 Å². The van der Waals surface area contributed by atoms with Crippen molar-refractivity contribution in [3.8, 4) is 23.0 Å². The van der Waals surface area contributed by atoms with Crippen molar-refractivity contribution in [3.05, 3.63) is 48.5 Å². The van der Waals surface area contributed by atoms with Gasteiger partial charge in [-0.15, -0.1) is 0 Å². The molecule has 31 heavy (non-hydrogen) atoms. The van der Waals surface area contributed by atoms with Crippen LogP contribution >= 0.6 is 0 Å². The Balaban J connectivity index is 1.73. The molecule has 0 saturated heterocycles. The number of benzene rings is 2. The van der Waals surface area contributed by atoms with Gasteiger partial charge in [0.25, 0.3) is 11.8 Å². The van der Waals surface area contributed by atoms with Crippen molar-refractivity contribution in [2.24, 2.45) is 0 Å². The maximum Gasteiger partial charge on any atom is 0.261 e. The van der Waals surface area contributed by atoms with Gasteiger partial charge in [0.15, 0.2) is 12.2 Å². The molecule has 2 rings (SSSR count). The van der Waals surface area contributed by atoms with Crippen LogP contribution in [0.5, 0.6) is 23.0 Å². The minimum Gasteiger partial charge on any atom is -0.497 e. The first-order chi connectivity index (χ1) is 14.8. The number of nitrogens with one attached hydrogen (secondary N) is 2. The van der Waals surface area contributed by atoms with Crippen molar-refractivity contribution in [1.82, 2.24) is 10.6 Å². The van der Waals surface area contributed by atoms with Crippen molar-refractivity contribution in [3.63, 3.8) is 0 Å². The van der Waals surface area contributed by atoms with Gasteiger partial charge in [0.1, 0.15) is 23.0 Å². The molecule has 0 aromatic heterocycles. The lowest BCUT2D eigenvalue weighted by Gasteiger charge is -2.20. The highest BCUT2D eigenvalue weighted by Crippen LogP contribution is 2.19. The summed E-state index contributed by atoms with van der Waals surface area (Å²) < 4.78 is 21.5. The first-order valence-corrected chi connectivity index (χ1v) is 10.0. The van der Waals surface area contributed by atoms with E-state index >= 15 is 0 Å². The molecule has 0 saturated carbocycles. The molecule has 0 aliphatic carbocycles. The normalized spacial score (nSPS) is 13.3. The van der Waals surface area contributed by atoms with Crippen molar-refractivity contribution in [2.75, 3.05) is 20.8 Å². The van der Waals surface area contributed by atoms with Gasteiger partial charge in [0, 0.05) is 12.6 Å². The maximum atomic E-state index is 12.3. The molecule has 0 spiro atoms. The Morgan fingerprint density at radius 2 is 1.10 bits per heavy atom. The van der Waals surface area contributed by atoms with Crippen molar-refractivity contribution in [1.29, 1.82) is 0 Å². The van der Waals surface area contributed by atoms with E-state index < -0.39 is 12.2 Å². The second kappa shape index (κ2) is 11.7. The minimum atomic E-state index is -0.691. The molecule has 0 heterocycles. The number of carbonyl (C=O) groups excluding carboxylic acids is 2. The van der Waals surface area contributed by atoms with E-state index in [1.54, 1.807) is 83.5 Å². The maximum absolute atomic E-state index is 12.3. The lowest BCUT2D eigenvalue weighted by Crippen LogP contribution is -2.48. The summed E-state index contributed by atoms with van der Waals surface area (Å²) >= 11 is 0. The number of hydrogen-bond donors (Lipinski definition) is 2. The van der Waals surface area contributed by atoms with Crippen LogP contribution in [0.2, 0.25) is 0 Å². The topological polar surface area (TPSA) is 95.1 Å². The predicted octanol–water partition coefficient (Wildman–Crippen LogP) is 2.56. The molecule has 0 bridgehead atoms. The number of carbonyl (C=O) groups is 2. The third-order valence-electron chi connectivity index (χ3n) is 4.45. The molecule has 3 unspecified atom stereocenters. The third kappa shape index (κ3) is 7.73. The summed E-state index contributed by atoms with van der Waals surface area (Å²) in [7, 11) is 3.16. The van der Waals surface area contributed by atoms with Crippen molar-refractivity contribution < 1.29 is 28.5 Å². The number of amides is 2. The molecule has 2 aromatic carbocycles. The fraction of sp³-hybridized carbons (Fsp3) is 0.391. The standard InChI is InChI=1S/C23H30N2O6/c1-15(25-23(27)17(3)31-21-12-8-19(29-5)9-13-21)14-24-22(26)16(2)30-20-10-6-18(28-4)7-11-20/h6-13,15-17H,14H2,1-5H3,(H,24,26)(H,25,27). The lowest BCUT2D eigenvalue weighted by molar-refractivity contribution is -0.129. The summed E-state index contributed by atoms with van der Waals surface area (Å²) in [4.78, 5) is 24.6. The summed E-state index contributed by atoms with van der Waals surface area (Å²) in [6, 6.07) is 13.7. The summed E-state index contributed by atoms with van der Waals surface area (Å²) in [5.41, 5.74) is 0. The lowest BCUT2D eigenvalue weighted by atomic mass is 10.2.